The molecule has 1 saturated heterocycles. The van der Waals surface area contributed by atoms with Crippen molar-refractivity contribution in [2.24, 2.45) is 5.73 Å². The molecule has 0 aliphatic carbocycles. The highest BCUT2D eigenvalue weighted by Crippen LogP contribution is 2.12. The van der Waals surface area contributed by atoms with E-state index < -0.39 is 18.0 Å². The van der Waals surface area contributed by atoms with Gasteiger partial charge in [-0.1, -0.05) is 5.06 Å². The maximum Gasteiger partial charge on any atom is 0.533 e. The summed E-state index contributed by atoms with van der Waals surface area (Å²) in [5, 5.41) is 0.435. The fourth-order valence-electron chi connectivity index (χ4n) is 0.998. The lowest BCUT2D eigenvalue weighted by Crippen LogP contribution is -2.32. The van der Waals surface area contributed by atoms with Crippen LogP contribution in [-0.4, -0.2) is 36.2 Å². The number of rotatable bonds is 4. The molecule has 84 valence electrons. The highest BCUT2D eigenvalue weighted by atomic mass is 16.8. The Balaban J connectivity index is 2.31. The maximum absolute atomic E-state index is 11.0. The van der Waals surface area contributed by atoms with E-state index >= 15 is 0 Å². The minimum atomic E-state index is -1.06. The number of carbonyl (C=O) groups excluding carboxylic acids is 3. The second-order valence-electron chi connectivity index (χ2n) is 2.91. The third kappa shape index (κ3) is 3.21. The van der Waals surface area contributed by atoms with Crippen molar-refractivity contribution in [3.05, 3.63) is 0 Å². The van der Waals surface area contributed by atoms with Gasteiger partial charge in [0.15, 0.2) is 0 Å². The fraction of sp³-hybridized carbons (Fsp3) is 0.625. The van der Waals surface area contributed by atoms with E-state index in [1.165, 1.54) is 0 Å². The molecule has 0 unspecified atom stereocenters. The molecule has 1 heterocycles. The minimum Gasteiger partial charge on any atom is -0.433 e. The summed E-state index contributed by atoms with van der Waals surface area (Å²) >= 11 is 0. The second kappa shape index (κ2) is 5.30. The molecule has 2 N–H and O–H groups in total. The van der Waals surface area contributed by atoms with Crippen LogP contribution in [0.3, 0.4) is 0 Å². The van der Waals surface area contributed by atoms with E-state index in [0.29, 0.717) is 18.0 Å². The topological polar surface area (TPSA) is 98.9 Å². The van der Waals surface area contributed by atoms with Crippen molar-refractivity contribution in [2.45, 2.75) is 19.3 Å². The van der Waals surface area contributed by atoms with Gasteiger partial charge in [0, 0.05) is 12.8 Å². The third-order valence-electron chi connectivity index (χ3n) is 1.74. The largest absolute Gasteiger partial charge is 0.533 e. The summed E-state index contributed by atoms with van der Waals surface area (Å²) in [6.07, 6.45) is -0.437. The molecule has 0 bridgehead atoms. The van der Waals surface area contributed by atoms with Gasteiger partial charge < -0.3 is 10.5 Å². The lowest BCUT2D eigenvalue weighted by molar-refractivity contribution is -0.177. The molecular weight excluding hydrogens is 204 g/mol. The molecule has 0 atom stereocenters. The molecule has 0 aromatic rings. The highest BCUT2D eigenvalue weighted by molar-refractivity contribution is 6.01. The SMILES string of the molecule is NCCCOC(=O)ON1C(=O)CCC1=O. The van der Waals surface area contributed by atoms with Gasteiger partial charge in [0.2, 0.25) is 0 Å². The Kier molecular flexibility index (Phi) is 4.04. The Bertz CT molecular complexity index is 262. The first-order valence-electron chi connectivity index (χ1n) is 4.55. The van der Waals surface area contributed by atoms with Crippen LogP contribution in [0.4, 0.5) is 4.79 Å². The van der Waals surface area contributed by atoms with Crippen LogP contribution < -0.4 is 5.73 Å². The lowest BCUT2D eigenvalue weighted by Gasteiger charge is -2.11. The number of hydroxylamine groups is 2. The highest BCUT2D eigenvalue weighted by Gasteiger charge is 2.33. The Morgan fingerprint density at radius 1 is 1.33 bits per heavy atom. The van der Waals surface area contributed by atoms with Gasteiger partial charge in [-0.3, -0.25) is 14.4 Å². The van der Waals surface area contributed by atoms with Crippen molar-refractivity contribution in [2.75, 3.05) is 13.2 Å². The maximum atomic E-state index is 11.0. The smallest absolute Gasteiger partial charge is 0.433 e. The minimum absolute atomic E-state index is 0.0644. The van der Waals surface area contributed by atoms with Crippen molar-refractivity contribution in [3.63, 3.8) is 0 Å². The van der Waals surface area contributed by atoms with Crippen LogP contribution >= 0.6 is 0 Å². The van der Waals surface area contributed by atoms with Gasteiger partial charge in [-0.05, 0) is 13.0 Å². The van der Waals surface area contributed by atoms with Crippen molar-refractivity contribution >= 4 is 18.0 Å². The van der Waals surface area contributed by atoms with Gasteiger partial charge >= 0.3 is 6.16 Å². The fourth-order valence-corrected chi connectivity index (χ4v) is 0.998. The molecule has 1 rings (SSSR count). The zero-order valence-electron chi connectivity index (χ0n) is 8.10. The summed E-state index contributed by atoms with van der Waals surface area (Å²) in [6, 6.07) is 0. The van der Waals surface area contributed by atoms with E-state index in [9.17, 15) is 14.4 Å². The van der Waals surface area contributed by atoms with Gasteiger partial charge in [-0.15, -0.1) is 0 Å². The average Bonchev–Trinajstić information content (AvgIpc) is 2.50. The molecule has 0 saturated carbocycles. The van der Waals surface area contributed by atoms with Gasteiger partial charge in [-0.25, -0.2) is 4.79 Å². The molecule has 0 spiro atoms. The number of nitrogens with two attached hydrogens (primary N) is 1. The van der Waals surface area contributed by atoms with Crippen molar-refractivity contribution in [3.8, 4) is 0 Å². The van der Waals surface area contributed by atoms with Gasteiger partial charge in [0.1, 0.15) is 0 Å². The molecule has 1 aliphatic heterocycles. The van der Waals surface area contributed by atoms with Crippen molar-refractivity contribution in [1.29, 1.82) is 0 Å². The van der Waals surface area contributed by atoms with Gasteiger partial charge in [0.25, 0.3) is 11.8 Å². The molecule has 0 radical (unpaired) electrons. The number of hydrogen-bond donors (Lipinski definition) is 1. The van der Waals surface area contributed by atoms with Crippen molar-refractivity contribution in [1.82, 2.24) is 5.06 Å². The normalized spacial score (nSPS) is 15.7. The lowest BCUT2D eigenvalue weighted by atomic mass is 10.4. The first kappa shape index (κ1) is 11.4. The first-order chi connectivity index (χ1) is 7.15. The van der Waals surface area contributed by atoms with E-state index in [1.54, 1.807) is 0 Å². The summed E-state index contributed by atoms with van der Waals surface area (Å²) in [7, 11) is 0. The number of carbonyl (C=O) groups is 3. The Labute approximate surface area is 86.1 Å². The van der Waals surface area contributed by atoms with Crippen LogP contribution in [0.15, 0.2) is 0 Å². The number of amides is 2. The third-order valence-corrected chi connectivity index (χ3v) is 1.74. The van der Waals surface area contributed by atoms with Crippen molar-refractivity contribution < 1.29 is 24.0 Å². The van der Waals surface area contributed by atoms with E-state index in [0.717, 1.165) is 0 Å². The van der Waals surface area contributed by atoms with Crippen LogP contribution in [-0.2, 0) is 19.2 Å². The summed E-state index contributed by atoms with van der Waals surface area (Å²) in [6.45, 7) is 0.487. The molecule has 0 aromatic carbocycles. The molecule has 0 aromatic heterocycles. The van der Waals surface area contributed by atoms with Gasteiger partial charge in [-0.2, -0.15) is 0 Å². The molecule has 1 fully saturated rings. The number of imide groups is 1. The van der Waals surface area contributed by atoms with E-state index in [2.05, 4.69) is 9.57 Å². The monoisotopic (exact) mass is 216 g/mol. The van der Waals surface area contributed by atoms with E-state index in [-0.39, 0.29) is 19.4 Å². The standard InChI is InChI=1S/C8H12N2O5/c9-4-1-5-14-8(13)15-10-6(11)2-3-7(10)12/h1-5,9H2. The number of nitrogens with zero attached hydrogens (tertiary/aromatic N) is 1. The second-order valence-corrected chi connectivity index (χ2v) is 2.91. The Morgan fingerprint density at radius 2 is 1.93 bits per heavy atom. The average molecular weight is 216 g/mol. The predicted molar refractivity (Wildman–Crippen MR) is 47.2 cm³/mol. The zero-order valence-corrected chi connectivity index (χ0v) is 8.10. The van der Waals surface area contributed by atoms with Crippen LogP contribution in [0.25, 0.3) is 0 Å². The number of ether oxygens (including phenoxy) is 1. The molecule has 2 amide bonds. The summed E-state index contributed by atoms with van der Waals surface area (Å²) in [5.74, 6) is -1.06. The van der Waals surface area contributed by atoms with E-state index in [1.807, 2.05) is 0 Å². The quantitative estimate of drug-likeness (QED) is 0.388. The van der Waals surface area contributed by atoms with E-state index in [4.69, 9.17) is 5.73 Å². The zero-order chi connectivity index (χ0) is 11.3. The summed E-state index contributed by atoms with van der Waals surface area (Å²) in [4.78, 5) is 37.4. The Morgan fingerprint density at radius 3 is 2.47 bits per heavy atom. The van der Waals surface area contributed by atoms with Crippen LogP contribution in [0.5, 0.6) is 0 Å². The molecule has 15 heavy (non-hydrogen) atoms. The summed E-state index contributed by atoms with van der Waals surface area (Å²) < 4.78 is 4.55. The molecule has 1 aliphatic rings. The molecular formula is C8H12N2O5. The van der Waals surface area contributed by atoms with Gasteiger partial charge in [0.05, 0.1) is 6.61 Å². The first-order valence-corrected chi connectivity index (χ1v) is 4.55. The van der Waals surface area contributed by atoms with Crippen LogP contribution in [0.1, 0.15) is 19.3 Å². The number of hydrogen-bond acceptors (Lipinski definition) is 6. The predicted octanol–water partition coefficient (Wildman–Crippen LogP) is -0.448. The van der Waals surface area contributed by atoms with Crippen LogP contribution in [0.2, 0.25) is 0 Å². The Hall–Kier alpha value is -1.63. The molecule has 7 heteroatoms. The molecule has 7 nitrogen and oxygen atoms in total. The van der Waals surface area contributed by atoms with Crippen LogP contribution in [0, 0.1) is 0 Å². The summed E-state index contributed by atoms with van der Waals surface area (Å²) in [5.41, 5.74) is 5.17.